The molecule has 1 aromatic heterocycles. The first-order chi connectivity index (χ1) is 23.2. The maximum absolute atomic E-state index is 14.6. The summed E-state index contributed by atoms with van der Waals surface area (Å²) >= 11 is 0. The lowest BCUT2D eigenvalue weighted by Crippen LogP contribution is -2.67. The van der Waals surface area contributed by atoms with Gasteiger partial charge in [0.15, 0.2) is 0 Å². The van der Waals surface area contributed by atoms with E-state index in [9.17, 15) is 19.5 Å². The van der Waals surface area contributed by atoms with Crippen LogP contribution in [-0.2, 0) is 19.1 Å². The molecule has 1 amide bonds. The van der Waals surface area contributed by atoms with Gasteiger partial charge < -0.3 is 15.2 Å². The Kier molecular flexibility index (Phi) is 9.24. The number of fused-ring (bicyclic) bond motifs is 7. The predicted molar refractivity (Wildman–Crippen MR) is 196 cm³/mol. The number of nitrogens with one attached hydrogen (secondary N) is 1. The zero-order valence-corrected chi connectivity index (χ0v) is 32.4. The topological polar surface area (TPSA) is 106 Å². The molecule has 0 radical (unpaired) electrons. The van der Waals surface area contributed by atoms with Gasteiger partial charge in [-0.2, -0.15) is 0 Å². The van der Waals surface area contributed by atoms with E-state index in [1.165, 1.54) is 12.0 Å². The molecule has 5 aliphatic rings. The van der Waals surface area contributed by atoms with Gasteiger partial charge in [0, 0.05) is 11.6 Å². The predicted octanol–water partition coefficient (Wildman–Crippen LogP) is 9.33. The highest BCUT2D eigenvalue weighted by Crippen LogP contribution is 2.77. The van der Waals surface area contributed by atoms with Gasteiger partial charge in [0.25, 0.3) is 0 Å². The standard InChI is InChI=1S/C43H64N2O5/c1-26(2)28-16-21-43(36(47)45-27(3)30-13-11-12-24-44-30)23-22-41(9)29(35(28)43)14-15-32-40(8)19-18-33(50-34(46)25-38(4,5)37(48)49)39(6,7)31(40)17-20-42(32,41)10/h11-13,24,27-29,31-33,35H,1,14-23,25H2,2-10H3,(H,45,47)(H,48,49)/t27-,28-,29?,31?,32?,33-,35?,40-,41+,42+,43-/m0/s1. The Morgan fingerprint density at radius 1 is 0.960 bits per heavy atom. The molecule has 4 unspecified atom stereocenters. The monoisotopic (exact) mass is 688 g/mol. The Balaban J connectivity index is 1.26. The fourth-order valence-corrected chi connectivity index (χ4v) is 13.4. The number of aromatic nitrogens is 1. The second-order valence-corrected chi connectivity index (χ2v) is 19.5. The highest BCUT2D eigenvalue weighted by atomic mass is 16.5. The second-order valence-electron chi connectivity index (χ2n) is 19.5. The van der Waals surface area contributed by atoms with E-state index in [0.29, 0.717) is 29.6 Å². The third kappa shape index (κ3) is 5.49. The van der Waals surface area contributed by atoms with Gasteiger partial charge in [-0.25, -0.2) is 0 Å². The Bertz CT molecular complexity index is 1520. The molecule has 1 heterocycles. The van der Waals surface area contributed by atoms with Crippen molar-refractivity contribution in [3.05, 3.63) is 42.2 Å². The summed E-state index contributed by atoms with van der Waals surface area (Å²) in [6.07, 6.45) is 11.8. The van der Waals surface area contributed by atoms with Crippen molar-refractivity contribution in [1.82, 2.24) is 10.3 Å². The lowest BCUT2D eigenvalue weighted by Gasteiger charge is -2.72. The molecule has 1 aromatic rings. The Hall–Kier alpha value is -2.70. The van der Waals surface area contributed by atoms with E-state index in [4.69, 9.17) is 4.74 Å². The molecule has 0 aromatic carbocycles. The number of allylic oxidation sites excluding steroid dienone is 1. The summed E-state index contributed by atoms with van der Waals surface area (Å²) in [5.74, 6) is 0.900. The minimum atomic E-state index is -1.15. The number of carbonyl (C=O) groups is 3. The van der Waals surface area contributed by atoms with Gasteiger partial charge in [0.05, 0.1) is 29.0 Å². The molecule has 0 spiro atoms. The van der Waals surface area contributed by atoms with Gasteiger partial charge in [0.2, 0.25) is 5.91 Å². The van der Waals surface area contributed by atoms with Crippen molar-refractivity contribution in [3.8, 4) is 0 Å². The lowest BCUT2D eigenvalue weighted by atomic mass is 9.32. The first-order valence-corrected chi connectivity index (χ1v) is 19.5. The van der Waals surface area contributed by atoms with Crippen LogP contribution >= 0.6 is 0 Å². The first kappa shape index (κ1) is 37.1. The molecule has 50 heavy (non-hydrogen) atoms. The fourth-order valence-electron chi connectivity index (χ4n) is 13.4. The van der Waals surface area contributed by atoms with Crippen LogP contribution < -0.4 is 5.32 Å². The number of carbonyl (C=O) groups excluding carboxylic acids is 2. The maximum atomic E-state index is 14.6. The summed E-state index contributed by atoms with van der Waals surface area (Å²) in [7, 11) is 0. The number of carboxylic acid groups (broad SMARTS) is 1. The summed E-state index contributed by atoms with van der Waals surface area (Å²) in [6.45, 7) is 24.3. The number of carboxylic acids is 1. The molecule has 5 saturated carbocycles. The normalized spacial score (nSPS) is 41.0. The van der Waals surface area contributed by atoms with Crippen LogP contribution in [0.15, 0.2) is 36.5 Å². The number of rotatable bonds is 8. The zero-order valence-electron chi connectivity index (χ0n) is 32.4. The Morgan fingerprint density at radius 3 is 2.32 bits per heavy atom. The van der Waals surface area contributed by atoms with Crippen molar-refractivity contribution in [2.45, 2.75) is 145 Å². The molecule has 0 saturated heterocycles. The highest BCUT2D eigenvalue weighted by Gasteiger charge is 2.72. The SMILES string of the molecule is C=C(C)[C@@H]1CC[C@]2(C(=O)N[C@@H](C)c3ccccn3)CC[C@]3(C)C(CCC4[C@@]5(C)CC[C@H](OC(=O)CC(C)(C)C(=O)O)C(C)(C)C5CC[C@]43C)C12. The molecule has 7 heteroatoms. The van der Waals surface area contributed by atoms with E-state index in [1.807, 2.05) is 18.2 Å². The average molecular weight is 689 g/mol. The van der Waals surface area contributed by atoms with Crippen molar-refractivity contribution in [3.63, 3.8) is 0 Å². The smallest absolute Gasteiger partial charge is 0.309 e. The van der Waals surface area contributed by atoms with E-state index in [2.05, 4.69) is 65.3 Å². The fraction of sp³-hybridized carbons (Fsp3) is 0.767. The van der Waals surface area contributed by atoms with Crippen LogP contribution in [0.4, 0.5) is 0 Å². The summed E-state index contributed by atoms with van der Waals surface area (Å²) in [5, 5.41) is 13.1. The number of ether oxygens (including phenoxy) is 1. The van der Waals surface area contributed by atoms with Gasteiger partial charge in [0.1, 0.15) is 6.10 Å². The van der Waals surface area contributed by atoms with E-state index < -0.39 is 17.4 Å². The molecule has 11 atom stereocenters. The number of pyridine rings is 1. The van der Waals surface area contributed by atoms with Crippen molar-refractivity contribution in [2.24, 2.45) is 62.1 Å². The van der Waals surface area contributed by atoms with Crippen LogP contribution in [0.2, 0.25) is 0 Å². The second kappa shape index (κ2) is 12.5. The highest BCUT2D eigenvalue weighted by molar-refractivity contribution is 5.84. The van der Waals surface area contributed by atoms with Gasteiger partial charge in [-0.15, -0.1) is 0 Å². The van der Waals surface area contributed by atoms with Crippen LogP contribution in [0, 0.1) is 62.1 Å². The molecule has 276 valence electrons. The van der Waals surface area contributed by atoms with E-state index in [1.54, 1.807) is 20.0 Å². The molecular formula is C43H64N2O5. The van der Waals surface area contributed by atoms with Gasteiger partial charge in [-0.3, -0.25) is 19.4 Å². The number of hydrogen-bond acceptors (Lipinski definition) is 5. The number of hydrogen-bond donors (Lipinski definition) is 2. The number of amides is 1. The quantitative estimate of drug-likeness (QED) is 0.208. The summed E-state index contributed by atoms with van der Waals surface area (Å²) in [5.41, 5.74) is 0.756. The van der Waals surface area contributed by atoms with Crippen LogP contribution in [-0.4, -0.2) is 34.0 Å². The molecule has 0 aliphatic heterocycles. The zero-order chi connectivity index (χ0) is 36.7. The van der Waals surface area contributed by atoms with Gasteiger partial charge >= 0.3 is 11.9 Å². The van der Waals surface area contributed by atoms with E-state index in [0.717, 1.165) is 63.5 Å². The molecule has 5 aliphatic carbocycles. The van der Waals surface area contributed by atoms with E-state index in [-0.39, 0.29) is 51.5 Å². The van der Waals surface area contributed by atoms with Crippen LogP contribution in [0.1, 0.15) is 145 Å². The van der Waals surface area contributed by atoms with Crippen LogP contribution in [0.5, 0.6) is 0 Å². The average Bonchev–Trinajstić information content (AvgIpc) is 3.44. The third-order valence-electron chi connectivity index (χ3n) is 16.4. The van der Waals surface area contributed by atoms with Crippen molar-refractivity contribution in [1.29, 1.82) is 0 Å². The minimum absolute atomic E-state index is 0.110. The largest absolute Gasteiger partial charge is 0.481 e. The third-order valence-corrected chi connectivity index (χ3v) is 16.4. The maximum Gasteiger partial charge on any atom is 0.309 e. The van der Waals surface area contributed by atoms with Gasteiger partial charge in [-0.05, 0) is 150 Å². The Morgan fingerprint density at radius 2 is 1.68 bits per heavy atom. The summed E-state index contributed by atoms with van der Waals surface area (Å²) < 4.78 is 6.17. The summed E-state index contributed by atoms with van der Waals surface area (Å²) in [4.78, 5) is 43.9. The minimum Gasteiger partial charge on any atom is -0.481 e. The lowest BCUT2D eigenvalue weighted by molar-refractivity contribution is -0.249. The van der Waals surface area contributed by atoms with Crippen molar-refractivity contribution < 1.29 is 24.2 Å². The first-order valence-electron chi connectivity index (χ1n) is 19.5. The molecule has 0 bridgehead atoms. The van der Waals surface area contributed by atoms with Crippen LogP contribution in [0.3, 0.4) is 0 Å². The number of aliphatic carboxylic acids is 1. The molecular weight excluding hydrogens is 624 g/mol. The van der Waals surface area contributed by atoms with E-state index >= 15 is 0 Å². The Labute approximate surface area is 301 Å². The molecule has 7 nitrogen and oxygen atoms in total. The summed E-state index contributed by atoms with van der Waals surface area (Å²) in [6, 6.07) is 5.77. The van der Waals surface area contributed by atoms with Crippen LogP contribution in [0.25, 0.3) is 0 Å². The van der Waals surface area contributed by atoms with Gasteiger partial charge in [-0.1, -0.05) is 52.8 Å². The van der Waals surface area contributed by atoms with Crippen molar-refractivity contribution >= 4 is 17.8 Å². The number of nitrogens with zero attached hydrogens (tertiary/aromatic N) is 1. The molecule has 6 rings (SSSR count). The van der Waals surface area contributed by atoms with Crippen molar-refractivity contribution in [2.75, 3.05) is 0 Å². The number of esters is 1. The molecule has 5 fully saturated rings. The molecule has 2 N–H and O–H groups in total.